The minimum atomic E-state index is -3.13. The number of rotatable bonds is 8. The number of benzene rings is 2. The Morgan fingerprint density at radius 1 is 1.23 bits per heavy atom. The van der Waals surface area contributed by atoms with Crippen molar-refractivity contribution >= 4 is 27.3 Å². The van der Waals surface area contributed by atoms with E-state index < -0.39 is 9.84 Å². The SMILES string of the molecule is C=CCN(C(=O)c1cccc(-n2cc(NC(=O)Cc3cccc(C)c3)cn2)c1)C1CCS(=O)(=O)C1. The number of nitrogens with zero attached hydrogens (tertiary/aromatic N) is 3. The first kappa shape index (κ1) is 24.4. The van der Waals surface area contributed by atoms with Gasteiger partial charge in [0.05, 0.1) is 41.7 Å². The van der Waals surface area contributed by atoms with Crippen LogP contribution in [0.2, 0.25) is 0 Å². The molecule has 35 heavy (non-hydrogen) atoms. The number of sulfone groups is 1. The molecule has 182 valence electrons. The van der Waals surface area contributed by atoms with E-state index in [4.69, 9.17) is 0 Å². The lowest BCUT2D eigenvalue weighted by molar-refractivity contribution is -0.115. The Morgan fingerprint density at radius 2 is 2.03 bits per heavy atom. The first-order chi connectivity index (χ1) is 16.7. The van der Waals surface area contributed by atoms with Gasteiger partial charge in [-0.15, -0.1) is 6.58 Å². The molecule has 0 aliphatic carbocycles. The van der Waals surface area contributed by atoms with Gasteiger partial charge in [0.15, 0.2) is 9.84 Å². The van der Waals surface area contributed by atoms with Gasteiger partial charge in [0.1, 0.15) is 0 Å². The molecule has 3 aromatic rings. The maximum absolute atomic E-state index is 13.3. The van der Waals surface area contributed by atoms with Crippen LogP contribution in [0.4, 0.5) is 5.69 Å². The van der Waals surface area contributed by atoms with Gasteiger partial charge in [0.2, 0.25) is 5.91 Å². The highest BCUT2D eigenvalue weighted by Crippen LogP contribution is 2.21. The van der Waals surface area contributed by atoms with Crippen LogP contribution in [0.1, 0.15) is 27.9 Å². The summed E-state index contributed by atoms with van der Waals surface area (Å²) in [6, 6.07) is 14.4. The van der Waals surface area contributed by atoms with Crippen LogP contribution < -0.4 is 5.32 Å². The third-order valence-corrected chi connectivity index (χ3v) is 7.66. The number of carbonyl (C=O) groups excluding carboxylic acids is 2. The molecular formula is C26H28N4O4S. The van der Waals surface area contributed by atoms with E-state index in [1.165, 1.54) is 0 Å². The predicted molar refractivity (Wildman–Crippen MR) is 135 cm³/mol. The molecule has 8 nitrogen and oxygen atoms in total. The van der Waals surface area contributed by atoms with Crippen molar-refractivity contribution in [1.29, 1.82) is 0 Å². The van der Waals surface area contributed by atoms with Crippen molar-refractivity contribution in [3.63, 3.8) is 0 Å². The lowest BCUT2D eigenvalue weighted by atomic mass is 10.1. The third-order valence-electron chi connectivity index (χ3n) is 5.91. The number of anilines is 1. The molecule has 1 aliphatic heterocycles. The quantitative estimate of drug-likeness (QED) is 0.487. The number of aryl methyl sites for hydroxylation is 1. The van der Waals surface area contributed by atoms with Crippen LogP contribution in [0.3, 0.4) is 0 Å². The Kier molecular flexibility index (Phi) is 7.16. The minimum absolute atomic E-state index is 0.0307. The average Bonchev–Trinajstić information content (AvgIpc) is 3.43. The monoisotopic (exact) mass is 492 g/mol. The summed E-state index contributed by atoms with van der Waals surface area (Å²) in [6.45, 7) is 5.96. The zero-order chi connectivity index (χ0) is 25.0. The maximum atomic E-state index is 13.3. The second kappa shape index (κ2) is 10.3. The summed E-state index contributed by atoms with van der Waals surface area (Å²) in [7, 11) is -3.13. The fourth-order valence-electron chi connectivity index (χ4n) is 4.25. The number of carbonyl (C=O) groups is 2. The van der Waals surface area contributed by atoms with Crippen LogP contribution in [0, 0.1) is 6.92 Å². The van der Waals surface area contributed by atoms with E-state index in [9.17, 15) is 18.0 Å². The van der Waals surface area contributed by atoms with E-state index in [1.807, 2.05) is 31.2 Å². The first-order valence-electron chi connectivity index (χ1n) is 11.4. The fourth-order valence-corrected chi connectivity index (χ4v) is 5.98. The lowest BCUT2D eigenvalue weighted by Crippen LogP contribution is -2.41. The van der Waals surface area contributed by atoms with Crippen LogP contribution in [0.5, 0.6) is 0 Å². The number of nitrogens with one attached hydrogen (secondary N) is 1. The van der Waals surface area contributed by atoms with Gasteiger partial charge in [-0.05, 0) is 37.1 Å². The minimum Gasteiger partial charge on any atom is -0.331 e. The molecule has 1 fully saturated rings. The normalized spacial score (nSPS) is 16.5. The van der Waals surface area contributed by atoms with Crippen molar-refractivity contribution in [3.05, 3.63) is 90.3 Å². The van der Waals surface area contributed by atoms with Crippen LogP contribution >= 0.6 is 0 Å². The summed E-state index contributed by atoms with van der Waals surface area (Å²) >= 11 is 0. The molecule has 0 saturated carbocycles. The highest BCUT2D eigenvalue weighted by molar-refractivity contribution is 7.91. The van der Waals surface area contributed by atoms with Gasteiger partial charge in [-0.3, -0.25) is 9.59 Å². The lowest BCUT2D eigenvalue weighted by Gasteiger charge is -2.27. The Hall–Kier alpha value is -3.72. The molecule has 1 aromatic heterocycles. The molecule has 1 aliphatic rings. The second-order valence-electron chi connectivity index (χ2n) is 8.74. The smallest absolute Gasteiger partial charge is 0.254 e. The van der Waals surface area contributed by atoms with E-state index in [0.29, 0.717) is 23.4 Å². The molecule has 2 aromatic carbocycles. The average molecular weight is 493 g/mol. The summed E-state index contributed by atoms with van der Waals surface area (Å²) in [6.07, 6.45) is 5.52. The number of hydrogen-bond acceptors (Lipinski definition) is 5. The van der Waals surface area contributed by atoms with E-state index in [2.05, 4.69) is 17.0 Å². The molecule has 1 unspecified atom stereocenters. The largest absolute Gasteiger partial charge is 0.331 e. The first-order valence-corrected chi connectivity index (χ1v) is 13.2. The fraction of sp³-hybridized carbons (Fsp3) is 0.269. The number of aromatic nitrogens is 2. The molecule has 2 heterocycles. The van der Waals surface area contributed by atoms with Gasteiger partial charge in [0.25, 0.3) is 5.91 Å². The predicted octanol–water partition coefficient (Wildman–Crippen LogP) is 3.18. The third kappa shape index (κ3) is 6.05. The Balaban J connectivity index is 1.47. The van der Waals surface area contributed by atoms with E-state index in [0.717, 1.165) is 11.1 Å². The number of hydrogen-bond donors (Lipinski definition) is 1. The van der Waals surface area contributed by atoms with E-state index in [-0.39, 0.29) is 42.3 Å². The van der Waals surface area contributed by atoms with Crippen molar-refractivity contribution in [2.75, 3.05) is 23.4 Å². The molecule has 1 N–H and O–H groups in total. The summed E-state index contributed by atoms with van der Waals surface area (Å²) in [5.74, 6) is -0.347. The van der Waals surface area contributed by atoms with E-state index in [1.54, 1.807) is 52.3 Å². The van der Waals surface area contributed by atoms with Crippen molar-refractivity contribution in [2.24, 2.45) is 0 Å². The van der Waals surface area contributed by atoms with Crippen LogP contribution in [0.25, 0.3) is 5.69 Å². The zero-order valence-electron chi connectivity index (χ0n) is 19.6. The van der Waals surface area contributed by atoms with Crippen LogP contribution in [0.15, 0.2) is 73.6 Å². The zero-order valence-corrected chi connectivity index (χ0v) is 20.4. The Labute approximate surface area is 205 Å². The molecule has 9 heteroatoms. The molecule has 2 amide bonds. The summed E-state index contributed by atoms with van der Waals surface area (Å²) in [5, 5.41) is 7.17. The summed E-state index contributed by atoms with van der Waals surface area (Å²) in [5.41, 5.74) is 3.64. The van der Waals surface area contributed by atoms with Crippen molar-refractivity contribution in [2.45, 2.75) is 25.8 Å². The summed E-state index contributed by atoms with van der Waals surface area (Å²) < 4.78 is 25.5. The maximum Gasteiger partial charge on any atom is 0.254 e. The Bertz CT molecular complexity index is 1360. The van der Waals surface area contributed by atoms with Crippen molar-refractivity contribution < 1.29 is 18.0 Å². The standard InChI is InChI=1S/C26H28N4O4S/c1-3-11-29(24-10-12-35(33,34)18-24)26(32)21-8-5-9-23(15-21)30-17-22(16-27-30)28-25(31)14-20-7-4-6-19(2)13-20/h3-9,13,15-17,24H,1,10-12,14,18H2,2H3,(H,28,31). The highest BCUT2D eigenvalue weighted by atomic mass is 32.2. The molecule has 0 bridgehead atoms. The second-order valence-corrected chi connectivity index (χ2v) is 11.0. The highest BCUT2D eigenvalue weighted by Gasteiger charge is 2.34. The van der Waals surface area contributed by atoms with E-state index >= 15 is 0 Å². The van der Waals surface area contributed by atoms with Gasteiger partial charge < -0.3 is 10.2 Å². The van der Waals surface area contributed by atoms with Crippen LogP contribution in [-0.4, -0.2) is 59.0 Å². The number of amides is 2. The molecule has 4 rings (SSSR count). The topological polar surface area (TPSA) is 101 Å². The van der Waals surface area contributed by atoms with Gasteiger partial charge in [-0.25, -0.2) is 13.1 Å². The molecule has 0 radical (unpaired) electrons. The van der Waals surface area contributed by atoms with Gasteiger partial charge >= 0.3 is 0 Å². The van der Waals surface area contributed by atoms with Gasteiger partial charge in [-0.2, -0.15) is 5.10 Å². The molecule has 0 spiro atoms. The van der Waals surface area contributed by atoms with Gasteiger partial charge in [0, 0.05) is 18.2 Å². The summed E-state index contributed by atoms with van der Waals surface area (Å²) in [4.78, 5) is 27.3. The van der Waals surface area contributed by atoms with Crippen LogP contribution in [-0.2, 0) is 21.1 Å². The molecule has 1 saturated heterocycles. The van der Waals surface area contributed by atoms with Crippen molar-refractivity contribution in [3.8, 4) is 5.69 Å². The molecular weight excluding hydrogens is 464 g/mol. The Morgan fingerprint density at radius 3 is 2.74 bits per heavy atom. The van der Waals surface area contributed by atoms with Crippen molar-refractivity contribution in [1.82, 2.24) is 14.7 Å². The van der Waals surface area contributed by atoms with Gasteiger partial charge in [-0.1, -0.05) is 42.0 Å². The molecule has 1 atom stereocenters.